The summed E-state index contributed by atoms with van der Waals surface area (Å²) in [6, 6.07) is 12.1. The number of aryl methyl sites for hydroxylation is 3. The minimum atomic E-state index is 0.0332. The highest BCUT2D eigenvalue weighted by molar-refractivity contribution is 5.84. The number of aromatic nitrogens is 2. The van der Waals surface area contributed by atoms with E-state index in [9.17, 15) is 4.79 Å². The van der Waals surface area contributed by atoms with Crippen molar-refractivity contribution < 1.29 is 0 Å². The minimum Gasteiger partial charge on any atom is -0.366 e. The predicted molar refractivity (Wildman–Crippen MR) is 95.0 cm³/mol. The molecule has 118 valence electrons. The minimum absolute atomic E-state index is 0.0332. The van der Waals surface area contributed by atoms with Crippen LogP contribution in [0.25, 0.3) is 10.9 Å². The third-order valence-electron chi connectivity index (χ3n) is 4.27. The lowest BCUT2D eigenvalue weighted by Gasteiger charge is -2.11. The fourth-order valence-corrected chi connectivity index (χ4v) is 2.70. The fraction of sp³-hybridized carbons (Fsp3) is 0.263. The van der Waals surface area contributed by atoms with E-state index in [0.29, 0.717) is 6.54 Å². The summed E-state index contributed by atoms with van der Waals surface area (Å²) in [4.78, 5) is 16.9. The van der Waals surface area contributed by atoms with Gasteiger partial charge in [0.05, 0.1) is 5.52 Å². The summed E-state index contributed by atoms with van der Waals surface area (Å²) >= 11 is 0. The molecule has 0 saturated carbocycles. The van der Waals surface area contributed by atoms with Gasteiger partial charge in [-0.2, -0.15) is 0 Å². The maximum atomic E-state index is 12.2. The van der Waals surface area contributed by atoms with Crippen LogP contribution in [0.2, 0.25) is 0 Å². The van der Waals surface area contributed by atoms with Gasteiger partial charge in [-0.15, -0.1) is 0 Å². The first-order chi connectivity index (χ1) is 11.0. The number of anilines is 1. The zero-order chi connectivity index (χ0) is 16.6. The van der Waals surface area contributed by atoms with Gasteiger partial charge in [-0.25, -0.2) is 4.98 Å². The first-order valence-corrected chi connectivity index (χ1v) is 7.73. The van der Waals surface area contributed by atoms with Crippen molar-refractivity contribution in [2.45, 2.75) is 27.3 Å². The average molecular weight is 307 g/mol. The van der Waals surface area contributed by atoms with E-state index >= 15 is 0 Å². The number of rotatable bonds is 3. The second-order valence-electron chi connectivity index (χ2n) is 6.06. The van der Waals surface area contributed by atoms with E-state index in [1.165, 1.54) is 11.1 Å². The molecule has 2 aromatic heterocycles. The number of hydrogen-bond acceptors (Lipinski definition) is 3. The van der Waals surface area contributed by atoms with Gasteiger partial charge in [0.15, 0.2) is 0 Å². The van der Waals surface area contributed by atoms with Crippen LogP contribution in [0.1, 0.15) is 22.4 Å². The van der Waals surface area contributed by atoms with E-state index < -0.39 is 0 Å². The summed E-state index contributed by atoms with van der Waals surface area (Å²) in [5, 5.41) is 4.44. The van der Waals surface area contributed by atoms with Gasteiger partial charge in [0.2, 0.25) is 0 Å². The summed E-state index contributed by atoms with van der Waals surface area (Å²) in [6.07, 6.45) is 0. The largest absolute Gasteiger partial charge is 0.366 e. The molecular formula is C19H21N3O. The molecular weight excluding hydrogens is 286 g/mol. The smallest absolute Gasteiger partial charge is 0.255 e. The number of nitrogens with zero attached hydrogens (tertiary/aromatic N) is 2. The molecule has 4 heteroatoms. The van der Waals surface area contributed by atoms with Crippen LogP contribution >= 0.6 is 0 Å². The van der Waals surface area contributed by atoms with Crippen molar-refractivity contribution in [2.75, 3.05) is 5.32 Å². The van der Waals surface area contributed by atoms with Gasteiger partial charge in [0.1, 0.15) is 5.82 Å². The zero-order valence-electron chi connectivity index (χ0n) is 14.0. The SMILES string of the molecule is Cc1ccc2c(C)cc(NCc3ccc(C)n(C)c3=O)nc2c1. The summed E-state index contributed by atoms with van der Waals surface area (Å²) in [7, 11) is 1.79. The van der Waals surface area contributed by atoms with Crippen LogP contribution in [0.4, 0.5) is 5.82 Å². The molecule has 0 radical (unpaired) electrons. The van der Waals surface area contributed by atoms with Crippen molar-refractivity contribution in [1.29, 1.82) is 0 Å². The highest BCUT2D eigenvalue weighted by atomic mass is 16.1. The van der Waals surface area contributed by atoms with Crippen LogP contribution in [0.5, 0.6) is 0 Å². The Morgan fingerprint density at radius 2 is 1.87 bits per heavy atom. The normalized spacial score (nSPS) is 11.0. The van der Waals surface area contributed by atoms with E-state index in [1.54, 1.807) is 11.6 Å². The Morgan fingerprint density at radius 1 is 1.09 bits per heavy atom. The summed E-state index contributed by atoms with van der Waals surface area (Å²) in [5.41, 5.74) is 5.06. The highest BCUT2D eigenvalue weighted by Crippen LogP contribution is 2.21. The summed E-state index contributed by atoms with van der Waals surface area (Å²) in [6.45, 7) is 6.54. The third kappa shape index (κ3) is 2.97. The van der Waals surface area contributed by atoms with Crippen molar-refractivity contribution in [3.8, 4) is 0 Å². The monoisotopic (exact) mass is 307 g/mol. The molecule has 0 aliphatic heterocycles. The van der Waals surface area contributed by atoms with Crippen molar-refractivity contribution in [3.63, 3.8) is 0 Å². The second kappa shape index (κ2) is 5.88. The lowest BCUT2D eigenvalue weighted by atomic mass is 10.1. The van der Waals surface area contributed by atoms with E-state index in [1.807, 2.05) is 25.1 Å². The molecule has 0 saturated heterocycles. The number of benzene rings is 1. The molecule has 23 heavy (non-hydrogen) atoms. The van der Waals surface area contributed by atoms with Gasteiger partial charge in [-0.05, 0) is 50.1 Å². The van der Waals surface area contributed by atoms with E-state index in [4.69, 9.17) is 0 Å². The molecule has 0 unspecified atom stereocenters. The fourth-order valence-electron chi connectivity index (χ4n) is 2.70. The highest BCUT2D eigenvalue weighted by Gasteiger charge is 2.06. The Bertz CT molecular complexity index is 941. The molecule has 3 aromatic rings. The molecule has 4 nitrogen and oxygen atoms in total. The van der Waals surface area contributed by atoms with E-state index in [2.05, 4.69) is 42.3 Å². The molecule has 2 heterocycles. The Labute approximate surface area is 135 Å². The molecule has 0 aliphatic carbocycles. The molecule has 0 atom stereocenters. The molecule has 3 rings (SSSR count). The summed E-state index contributed by atoms with van der Waals surface area (Å²) < 4.78 is 1.67. The zero-order valence-corrected chi connectivity index (χ0v) is 14.0. The Balaban J connectivity index is 1.90. The Morgan fingerprint density at radius 3 is 2.65 bits per heavy atom. The first-order valence-electron chi connectivity index (χ1n) is 7.73. The van der Waals surface area contributed by atoms with Gasteiger partial charge in [0, 0.05) is 30.2 Å². The second-order valence-corrected chi connectivity index (χ2v) is 6.06. The van der Waals surface area contributed by atoms with Crippen LogP contribution < -0.4 is 10.9 Å². The van der Waals surface area contributed by atoms with Crippen molar-refractivity contribution >= 4 is 16.7 Å². The standard InChI is InChI=1S/C19H21N3O/c1-12-5-8-16-13(2)10-18(21-17(16)9-12)20-11-15-7-6-14(3)22(4)19(15)23/h5-10H,11H2,1-4H3,(H,20,21). The topological polar surface area (TPSA) is 46.9 Å². The molecule has 1 N–H and O–H groups in total. The Kier molecular flexibility index (Phi) is 3.90. The van der Waals surface area contributed by atoms with Crippen LogP contribution in [-0.4, -0.2) is 9.55 Å². The van der Waals surface area contributed by atoms with Gasteiger partial charge in [-0.1, -0.05) is 18.2 Å². The lowest BCUT2D eigenvalue weighted by molar-refractivity contribution is 0.799. The maximum absolute atomic E-state index is 12.2. The number of pyridine rings is 2. The van der Waals surface area contributed by atoms with Crippen molar-refractivity contribution in [1.82, 2.24) is 9.55 Å². The van der Waals surface area contributed by atoms with Gasteiger partial charge in [-0.3, -0.25) is 4.79 Å². The molecule has 0 bridgehead atoms. The molecule has 0 amide bonds. The van der Waals surface area contributed by atoms with Crippen molar-refractivity contribution in [3.05, 3.63) is 69.1 Å². The van der Waals surface area contributed by atoms with Crippen LogP contribution in [0.15, 0.2) is 41.2 Å². The van der Waals surface area contributed by atoms with Crippen LogP contribution in [-0.2, 0) is 13.6 Å². The maximum Gasteiger partial charge on any atom is 0.255 e. The Hall–Kier alpha value is -2.62. The number of hydrogen-bond donors (Lipinski definition) is 1. The molecule has 0 aliphatic rings. The van der Waals surface area contributed by atoms with Gasteiger partial charge >= 0.3 is 0 Å². The van der Waals surface area contributed by atoms with E-state index in [0.717, 1.165) is 28.0 Å². The van der Waals surface area contributed by atoms with E-state index in [-0.39, 0.29) is 5.56 Å². The number of fused-ring (bicyclic) bond motifs is 1. The first kappa shape index (κ1) is 15.3. The van der Waals surface area contributed by atoms with Gasteiger partial charge in [0.25, 0.3) is 5.56 Å². The quantitative estimate of drug-likeness (QED) is 0.806. The average Bonchev–Trinajstić information content (AvgIpc) is 2.51. The molecule has 1 aromatic carbocycles. The molecule has 0 spiro atoms. The van der Waals surface area contributed by atoms with Gasteiger partial charge < -0.3 is 9.88 Å². The van der Waals surface area contributed by atoms with Crippen LogP contribution in [0.3, 0.4) is 0 Å². The summed E-state index contributed by atoms with van der Waals surface area (Å²) in [5.74, 6) is 0.795. The molecule has 0 fully saturated rings. The lowest BCUT2D eigenvalue weighted by Crippen LogP contribution is -2.24. The number of nitrogens with one attached hydrogen (secondary N) is 1. The van der Waals surface area contributed by atoms with Crippen molar-refractivity contribution in [2.24, 2.45) is 7.05 Å². The predicted octanol–water partition coefficient (Wildman–Crippen LogP) is 3.47. The third-order valence-corrected chi connectivity index (χ3v) is 4.27. The van der Waals surface area contributed by atoms with Crippen LogP contribution in [0, 0.1) is 20.8 Å².